The van der Waals surface area contributed by atoms with Crippen LogP contribution < -0.4 is 14.9 Å². The van der Waals surface area contributed by atoms with Gasteiger partial charge in [0.1, 0.15) is 0 Å². The summed E-state index contributed by atoms with van der Waals surface area (Å²) in [5, 5.41) is 9.53. The Labute approximate surface area is 88.3 Å². The monoisotopic (exact) mass is 213 g/mol. The fraction of sp³-hybridized carbons (Fsp3) is 0.333. The van der Waals surface area contributed by atoms with Crippen molar-refractivity contribution in [2.75, 3.05) is 17.6 Å². The van der Waals surface area contributed by atoms with Crippen molar-refractivity contribution in [2.45, 2.75) is 6.92 Å². The Kier molecular flexibility index (Phi) is 4.75. The van der Waals surface area contributed by atoms with E-state index in [0.717, 1.165) is 22.3 Å². The van der Waals surface area contributed by atoms with Gasteiger partial charge in [0.05, 0.1) is 17.8 Å². The number of aryl methyl sites for hydroxylation is 1. The first-order chi connectivity index (χ1) is 6.74. The molecule has 0 saturated heterocycles. The molecule has 0 amide bonds. The minimum absolute atomic E-state index is 0.550. The molecular weight excluding hydrogens is 198 g/mol. The van der Waals surface area contributed by atoms with Crippen LogP contribution in [-0.4, -0.2) is 18.3 Å². The van der Waals surface area contributed by atoms with E-state index in [1.165, 1.54) is 5.56 Å². The van der Waals surface area contributed by atoms with Gasteiger partial charge in [-0.05, 0) is 19.1 Å². The van der Waals surface area contributed by atoms with Gasteiger partial charge in [-0.2, -0.15) is 4.47 Å². The van der Waals surface area contributed by atoms with Gasteiger partial charge in [-0.3, -0.25) is 5.21 Å². The molecule has 0 aliphatic rings. The molecule has 0 aromatic heterocycles. The second-order valence-corrected chi connectivity index (χ2v) is 3.70. The fourth-order valence-electron chi connectivity index (χ4n) is 0.891. The molecule has 5 heteroatoms. The lowest BCUT2D eigenvalue weighted by atomic mass is 10.2. The van der Waals surface area contributed by atoms with Crippen LogP contribution in [-0.2, 0) is 0 Å². The third-order valence-corrected chi connectivity index (χ3v) is 2.37. The van der Waals surface area contributed by atoms with Crippen molar-refractivity contribution in [1.82, 2.24) is 4.72 Å². The second-order valence-electron chi connectivity index (χ2n) is 2.88. The van der Waals surface area contributed by atoms with E-state index in [9.17, 15) is 5.21 Å². The maximum Gasteiger partial charge on any atom is 0.0778 e. The van der Waals surface area contributed by atoms with Crippen LogP contribution in [0.5, 0.6) is 0 Å². The lowest BCUT2D eigenvalue weighted by Crippen LogP contribution is -2.22. The highest BCUT2D eigenvalue weighted by atomic mass is 32.2. The van der Waals surface area contributed by atoms with Crippen molar-refractivity contribution >= 4 is 17.8 Å². The molecule has 0 saturated carbocycles. The molecule has 0 bridgehead atoms. The third kappa shape index (κ3) is 3.55. The average molecular weight is 213 g/mol. The molecular formula is C9H15N3OS. The Morgan fingerprint density at radius 2 is 2.07 bits per heavy atom. The van der Waals surface area contributed by atoms with Gasteiger partial charge in [0.2, 0.25) is 0 Å². The van der Waals surface area contributed by atoms with Gasteiger partial charge < -0.3 is 5.73 Å². The molecule has 0 fully saturated rings. The van der Waals surface area contributed by atoms with Crippen LogP contribution in [0.2, 0.25) is 0 Å². The van der Waals surface area contributed by atoms with Crippen LogP contribution in [0, 0.1) is 6.92 Å². The summed E-state index contributed by atoms with van der Waals surface area (Å²) in [7, 11) is 0. The lowest BCUT2D eigenvalue weighted by Gasteiger charge is -2.15. The summed E-state index contributed by atoms with van der Waals surface area (Å²) >= 11 is 1.12. The highest BCUT2D eigenvalue weighted by Crippen LogP contribution is 2.17. The molecule has 0 aliphatic heterocycles. The normalized spacial score (nSPS) is 10.2. The molecule has 0 atom stereocenters. The summed E-state index contributed by atoms with van der Waals surface area (Å²) in [5.41, 5.74) is 7.21. The summed E-state index contributed by atoms with van der Waals surface area (Å²) in [6.45, 7) is 3.22. The largest absolute Gasteiger partial charge is 0.329 e. The number of hydrogen-bond acceptors (Lipinski definition) is 5. The zero-order valence-electron chi connectivity index (χ0n) is 8.10. The quantitative estimate of drug-likeness (QED) is 0.391. The van der Waals surface area contributed by atoms with E-state index in [1.54, 1.807) is 0 Å². The molecule has 0 radical (unpaired) electrons. The molecule has 4 nitrogen and oxygen atoms in total. The molecule has 0 aliphatic carbocycles. The van der Waals surface area contributed by atoms with E-state index in [0.29, 0.717) is 13.1 Å². The number of benzene rings is 1. The molecule has 14 heavy (non-hydrogen) atoms. The Morgan fingerprint density at radius 3 is 2.64 bits per heavy atom. The van der Waals surface area contributed by atoms with Crippen molar-refractivity contribution in [3.63, 3.8) is 0 Å². The molecule has 1 rings (SSSR count). The van der Waals surface area contributed by atoms with Crippen LogP contribution >= 0.6 is 12.1 Å². The Hall–Kier alpha value is -0.750. The first-order valence-corrected chi connectivity index (χ1v) is 5.17. The second kappa shape index (κ2) is 5.87. The van der Waals surface area contributed by atoms with E-state index in [-0.39, 0.29) is 0 Å². The Bertz CT molecular complexity index is 265. The standard InChI is InChI=1S/C9H15N3OS/c1-8-2-4-9(5-3-8)12(13)14-11-7-6-10/h2-5,11,13H,6-7,10H2,1H3. The molecule has 0 spiro atoms. The number of nitrogens with two attached hydrogens (primary N) is 1. The van der Waals surface area contributed by atoms with Gasteiger partial charge in [0, 0.05) is 13.1 Å². The van der Waals surface area contributed by atoms with Crippen molar-refractivity contribution in [2.24, 2.45) is 5.73 Å². The predicted octanol–water partition coefficient (Wildman–Crippen LogP) is 1.30. The first-order valence-electron chi connectivity index (χ1n) is 4.39. The van der Waals surface area contributed by atoms with Gasteiger partial charge in [0.25, 0.3) is 0 Å². The zero-order chi connectivity index (χ0) is 10.4. The number of hydrogen-bond donors (Lipinski definition) is 3. The number of anilines is 1. The first kappa shape index (κ1) is 11.3. The summed E-state index contributed by atoms with van der Waals surface area (Å²) < 4.78 is 3.99. The van der Waals surface area contributed by atoms with E-state index >= 15 is 0 Å². The molecule has 4 N–H and O–H groups in total. The smallest absolute Gasteiger partial charge is 0.0778 e. The van der Waals surface area contributed by atoms with Crippen LogP contribution in [0.15, 0.2) is 24.3 Å². The van der Waals surface area contributed by atoms with Gasteiger partial charge in [-0.15, -0.1) is 0 Å². The van der Waals surface area contributed by atoms with Crippen LogP contribution in [0.1, 0.15) is 5.56 Å². The maximum atomic E-state index is 9.53. The minimum Gasteiger partial charge on any atom is -0.329 e. The Morgan fingerprint density at radius 1 is 1.43 bits per heavy atom. The van der Waals surface area contributed by atoms with Crippen LogP contribution in [0.3, 0.4) is 0 Å². The summed E-state index contributed by atoms with van der Waals surface area (Å²) in [4.78, 5) is 0. The van der Waals surface area contributed by atoms with Crippen LogP contribution in [0.25, 0.3) is 0 Å². The van der Waals surface area contributed by atoms with Crippen molar-refractivity contribution in [1.29, 1.82) is 0 Å². The summed E-state index contributed by atoms with van der Waals surface area (Å²) in [6, 6.07) is 7.60. The van der Waals surface area contributed by atoms with E-state index in [1.807, 2.05) is 31.2 Å². The minimum atomic E-state index is 0.550. The highest BCUT2D eigenvalue weighted by Gasteiger charge is 2.01. The van der Waals surface area contributed by atoms with Gasteiger partial charge in [0.15, 0.2) is 0 Å². The highest BCUT2D eigenvalue weighted by molar-refractivity contribution is 7.98. The van der Waals surface area contributed by atoms with Crippen molar-refractivity contribution in [3.8, 4) is 0 Å². The Balaban J connectivity index is 2.43. The number of rotatable bonds is 5. The molecule has 0 unspecified atom stereocenters. The van der Waals surface area contributed by atoms with Gasteiger partial charge in [-0.25, -0.2) is 4.72 Å². The van der Waals surface area contributed by atoms with Crippen LogP contribution in [0.4, 0.5) is 5.69 Å². The number of nitrogens with one attached hydrogen (secondary N) is 1. The third-order valence-electron chi connectivity index (χ3n) is 1.65. The predicted molar refractivity (Wildman–Crippen MR) is 60.1 cm³/mol. The molecule has 0 heterocycles. The lowest BCUT2D eigenvalue weighted by molar-refractivity contribution is 0.331. The van der Waals surface area contributed by atoms with Gasteiger partial charge in [-0.1, -0.05) is 17.7 Å². The molecule has 1 aromatic carbocycles. The SMILES string of the molecule is Cc1ccc(N(O)SNCCN)cc1. The van der Waals surface area contributed by atoms with E-state index in [4.69, 9.17) is 5.73 Å². The molecule has 1 aromatic rings. The molecule has 78 valence electrons. The van der Waals surface area contributed by atoms with E-state index in [2.05, 4.69) is 4.72 Å². The van der Waals surface area contributed by atoms with Crippen molar-refractivity contribution < 1.29 is 5.21 Å². The summed E-state index contributed by atoms with van der Waals surface area (Å²) in [5.74, 6) is 0. The number of nitrogens with zero attached hydrogens (tertiary/aromatic N) is 1. The fourth-order valence-corrected chi connectivity index (χ4v) is 1.45. The van der Waals surface area contributed by atoms with Crippen molar-refractivity contribution in [3.05, 3.63) is 29.8 Å². The zero-order valence-corrected chi connectivity index (χ0v) is 8.92. The maximum absolute atomic E-state index is 9.53. The average Bonchev–Trinajstić information content (AvgIpc) is 2.19. The summed E-state index contributed by atoms with van der Waals surface area (Å²) in [6.07, 6.45) is 0. The topological polar surface area (TPSA) is 61.5 Å². The van der Waals surface area contributed by atoms with E-state index < -0.39 is 0 Å². The van der Waals surface area contributed by atoms with Gasteiger partial charge >= 0.3 is 0 Å².